The van der Waals surface area contributed by atoms with Gasteiger partial charge in [-0.05, 0) is 48.6 Å². The van der Waals surface area contributed by atoms with Crippen LogP contribution in [0.3, 0.4) is 0 Å². The number of hydrogen-bond donors (Lipinski definition) is 3. The van der Waals surface area contributed by atoms with Crippen LogP contribution in [0.1, 0.15) is 10.4 Å². The van der Waals surface area contributed by atoms with E-state index in [4.69, 9.17) is 40.2 Å². The number of Topliss-reactive ketones (excluding diaryl/α,β-unsaturated/α-hetero) is 1. The zero-order chi connectivity index (χ0) is 18.0. The number of benzene rings is 2. The minimum Gasteiger partial charge on any atom is -0.497 e. The first kappa shape index (κ1) is 17.5. The molecule has 0 amide bonds. The van der Waals surface area contributed by atoms with Crippen LogP contribution in [0.5, 0.6) is 5.75 Å². The van der Waals surface area contributed by atoms with Gasteiger partial charge in [-0.25, -0.2) is 0 Å². The molecule has 2 aromatic carbocycles. The van der Waals surface area contributed by atoms with Gasteiger partial charge in [0.1, 0.15) is 5.75 Å². The molecular weight excluding hydrogens is 383 g/mol. The summed E-state index contributed by atoms with van der Waals surface area (Å²) in [6.45, 7) is 0. The lowest BCUT2D eigenvalue weighted by Gasteiger charge is -2.08. The van der Waals surface area contributed by atoms with Gasteiger partial charge in [-0.15, -0.1) is 0 Å². The summed E-state index contributed by atoms with van der Waals surface area (Å²) < 4.78 is 5.09. The van der Waals surface area contributed by atoms with Crippen LogP contribution in [0.25, 0.3) is 0 Å². The molecule has 128 valence electrons. The van der Waals surface area contributed by atoms with Gasteiger partial charge in [0.15, 0.2) is 10.9 Å². The number of thiocarbonyl (C=S) groups is 1. The highest BCUT2D eigenvalue weighted by Crippen LogP contribution is 2.36. The number of fused-ring (bicyclic) bond motifs is 1. The van der Waals surface area contributed by atoms with E-state index >= 15 is 0 Å². The van der Waals surface area contributed by atoms with Crippen molar-refractivity contribution in [1.82, 2.24) is 5.43 Å². The van der Waals surface area contributed by atoms with Gasteiger partial charge in [-0.2, -0.15) is 5.10 Å². The molecule has 9 heteroatoms. The molecule has 0 saturated carbocycles. The van der Waals surface area contributed by atoms with Crippen molar-refractivity contribution in [2.45, 2.75) is 0 Å². The summed E-state index contributed by atoms with van der Waals surface area (Å²) in [4.78, 5) is 12.4. The Morgan fingerprint density at radius 2 is 1.84 bits per heavy atom. The van der Waals surface area contributed by atoms with E-state index in [0.29, 0.717) is 21.3 Å². The van der Waals surface area contributed by atoms with Crippen molar-refractivity contribution in [3.63, 3.8) is 0 Å². The third-order valence-corrected chi connectivity index (χ3v) is 4.23. The fraction of sp³-hybridized carbons (Fsp3) is 0.0625. The molecule has 6 nitrogen and oxygen atoms in total. The second-order valence-corrected chi connectivity index (χ2v) is 6.21. The molecule has 0 unspecified atom stereocenters. The van der Waals surface area contributed by atoms with Gasteiger partial charge in [0.25, 0.3) is 0 Å². The molecule has 0 aliphatic carbocycles. The SMILES string of the molecule is COc1ccc(NC(=S)NN=C2Nc3c(Cl)ccc(Cl)c3C2=O)cc1. The molecule has 25 heavy (non-hydrogen) atoms. The standard InChI is InChI=1S/C16H12Cl2N4O2S/c1-24-9-4-2-8(3-5-9)19-16(25)22-21-15-14(23)12-10(17)6-7-11(18)13(12)20-15/h2-7H,1H3,(H2,19,22,25)(H,20,21,23). The number of rotatable bonds is 3. The van der Waals surface area contributed by atoms with Gasteiger partial charge in [-0.1, -0.05) is 23.2 Å². The third kappa shape index (κ3) is 3.68. The fourth-order valence-corrected chi connectivity index (χ4v) is 2.82. The highest BCUT2D eigenvalue weighted by atomic mass is 35.5. The number of hydrazone groups is 1. The monoisotopic (exact) mass is 394 g/mol. The van der Waals surface area contributed by atoms with Gasteiger partial charge < -0.3 is 15.4 Å². The Kier molecular flexibility index (Phi) is 5.08. The summed E-state index contributed by atoms with van der Waals surface area (Å²) in [6.07, 6.45) is 0. The van der Waals surface area contributed by atoms with E-state index in [1.807, 2.05) is 0 Å². The number of nitrogens with one attached hydrogen (secondary N) is 3. The van der Waals surface area contributed by atoms with E-state index in [0.717, 1.165) is 11.4 Å². The van der Waals surface area contributed by atoms with Gasteiger partial charge >= 0.3 is 0 Å². The van der Waals surface area contributed by atoms with Crippen molar-refractivity contribution in [2.24, 2.45) is 5.10 Å². The van der Waals surface area contributed by atoms with Gasteiger partial charge in [0.2, 0.25) is 5.78 Å². The molecule has 3 N–H and O–H groups in total. The van der Waals surface area contributed by atoms with Crippen molar-refractivity contribution in [2.75, 3.05) is 17.7 Å². The minimum absolute atomic E-state index is 0.0591. The van der Waals surface area contributed by atoms with E-state index in [1.54, 1.807) is 43.5 Å². The molecule has 0 atom stereocenters. The van der Waals surface area contributed by atoms with E-state index in [1.165, 1.54) is 0 Å². The lowest BCUT2D eigenvalue weighted by Crippen LogP contribution is -2.27. The topological polar surface area (TPSA) is 74.8 Å². The molecule has 0 radical (unpaired) electrons. The second-order valence-electron chi connectivity index (χ2n) is 4.99. The number of ether oxygens (including phenoxy) is 1. The Morgan fingerprint density at radius 3 is 2.48 bits per heavy atom. The first-order valence-electron chi connectivity index (χ1n) is 7.08. The number of halogens is 2. The zero-order valence-electron chi connectivity index (χ0n) is 12.9. The molecule has 1 aliphatic rings. The largest absolute Gasteiger partial charge is 0.497 e. The van der Waals surface area contributed by atoms with Crippen molar-refractivity contribution in [3.8, 4) is 5.75 Å². The molecule has 1 aliphatic heterocycles. The Labute approximate surface area is 159 Å². The highest BCUT2D eigenvalue weighted by Gasteiger charge is 2.30. The van der Waals surface area contributed by atoms with Crippen LogP contribution in [0.4, 0.5) is 11.4 Å². The number of ketones is 1. The number of hydrogen-bond acceptors (Lipinski definition) is 4. The quantitative estimate of drug-likeness (QED) is 0.541. The van der Waals surface area contributed by atoms with Crippen LogP contribution in [0, 0.1) is 0 Å². The van der Waals surface area contributed by atoms with Crippen LogP contribution in [-0.2, 0) is 0 Å². The Hall–Kier alpha value is -2.35. The van der Waals surface area contributed by atoms with Crippen molar-refractivity contribution >= 4 is 63.5 Å². The molecule has 0 fully saturated rings. The van der Waals surface area contributed by atoms with Crippen LogP contribution in [0.15, 0.2) is 41.5 Å². The summed E-state index contributed by atoms with van der Waals surface area (Å²) in [5, 5.41) is 10.7. The molecule has 0 saturated heterocycles. The Balaban J connectivity index is 1.68. The Bertz CT molecular complexity index is 884. The third-order valence-electron chi connectivity index (χ3n) is 3.41. The maximum atomic E-state index is 12.4. The van der Waals surface area contributed by atoms with Gasteiger partial charge in [0.05, 0.1) is 28.4 Å². The number of methoxy groups -OCH3 is 1. The normalized spacial score (nSPS) is 14.0. The first-order chi connectivity index (χ1) is 12.0. The predicted molar refractivity (Wildman–Crippen MR) is 104 cm³/mol. The lowest BCUT2D eigenvalue weighted by molar-refractivity contribution is 0.106. The maximum Gasteiger partial charge on any atom is 0.233 e. The number of carbonyl (C=O) groups is 1. The van der Waals surface area contributed by atoms with Gasteiger partial charge in [-0.3, -0.25) is 10.2 Å². The molecule has 0 aromatic heterocycles. The van der Waals surface area contributed by atoms with Crippen molar-refractivity contribution in [3.05, 3.63) is 52.0 Å². The average Bonchev–Trinajstić information content (AvgIpc) is 2.95. The van der Waals surface area contributed by atoms with E-state index < -0.39 is 0 Å². The van der Waals surface area contributed by atoms with Gasteiger partial charge in [0, 0.05) is 5.69 Å². The van der Waals surface area contributed by atoms with E-state index in [-0.39, 0.29) is 16.7 Å². The second kappa shape index (κ2) is 7.26. The Morgan fingerprint density at radius 1 is 1.16 bits per heavy atom. The highest BCUT2D eigenvalue weighted by molar-refractivity contribution is 7.80. The molecule has 0 spiro atoms. The number of amidine groups is 1. The summed E-state index contributed by atoms with van der Waals surface area (Å²) in [6, 6.07) is 10.4. The number of carbonyl (C=O) groups excluding carboxylic acids is 1. The molecule has 0 bridgehead atoms. The average molecular weight is 395 g/mol. The van der Waals surface area contributed by atoms with Crippen LogP contribution < -0.4 is 20.8 Å². The van der Waals surface area contributed by atoms with Crippen LogP contribution >= 0.6 is 35.4 Å². The molecule has 1 heterocycles. The lowest BCUT2D eigenvalue weighted by atomic mass is 10.1. The molecule has 2 aromatic rings. The summed E-state index contributed by atoms with van der Waals surface area (Å²) in [5.74, 6) is 0.433. The molecule has 3 rings (SSSR count). The number of anilines is 2. The van der Waals surface area contributed by atoms with Crippen LogP contribution in [-0.4, -0.2) is 23.8 Å². The molecular formula is C16H12Cl2N4O2S. The smallest absolute Gasteiger partial charge is 0.233 e. The van der Waals surface area contributed by atoms with E-state index in [9.17, 15) is 4.79 Å². The summed E-state index contributed by atoms with van der Waals surface area (Å²) >= 11 is 17.3. The fourth-order valence-electron chi connectivity index (χ4n) is 2.21. The summed E-state index contributed by atoms with van der Waals surface area (Å²) in [7, 11) is 1.59. The zero-order valence-corrected chi connectivity index (χ0v) is 15.2. The summed E-state index contributed by atoms with van der Waals surface area (Å²) in [5.41, 5.74) is 4.10. The maximum absolute atomic E-state index is 12.4. The van der Waals surface area contributed by atoms with E-state index in [2.05, 4.69) is 21.2 Å². The van der Waals surface area contributed by atoms with Crippen LogP contribution in [0.2, 0.25) is 10.0 Å². The number of nitrogens with zero attached hydrogens (tertiary/aromatic N) is 1. The van der Waals surface area contributed by atoms with Crippen molar-refractivity contribution < 1.29 is 9.53 Å². The minimum atomic E-state index is -0.359. The predicted octanol–water partition coefficient (Wildman–Crippen LogP) is 3.91. The first-order valence-corrected chi connectivity index (χ1v) is 8.24. The van der Waals surface area contributed by atoms with Crippen molar-refractivity contribution in [1.29, 1.82) is 0 Å².